The van der Waals surface area contributed by atoms with Crippen molar-refractivity contribution in [3.63, 3.8) is 0 Å². The van der Waals surface area contributed by atoms with Crippen LogP contribution < -0.4 is 4.74 Å². The van der Waals surface area contributed by atoms with Gasteiger partial charge in [0.1, 0.15) is 5.75 Å². The van der Waals surface area contributed by atoms with Gasteiger partial charge in [0.15, 0.2) is 0 Å². The van der Waals surface area contributed by atoms with Gasteiger partial charge in [0.25, 0.3) is 0 Å². The summed E-state index contributed by atoms with van der Waals surface area (Å²) < 4.78 is 5.64. The molecule has 0 saturated heterocycles. The Balaban J connectivity index is 1.29. The third-order valence-electron chi connectivity index (χ3n) is 6.88. The van der Waals surface area contributed by atoms with Crippen molar-refractivity contribution in [1.29, 1.82) is 0 Å². The second-order valence-corrected chi connectivity index (χ2v) is 9.36. The standard InChI is InChI=1S/C33H36O/c1-3-5-6-26-9-15-29(16-10-26)31-19-21-32(22-20-31)30-17-11-27(12-18-30)7-8-28-13-23-33(24-14-28)34-25-4-2/h3,9-18,23-24,31-32H,1,4-6,19-22,25H2,2H3. The maximum atomic E-state index is 5.64. The lowest BCUT2D eigenvalue weighted by atomic mass is 9.76. The molecule has 174 valence electrons. The SMILES string of the molecule is C=CCCc1ccc(C2CCC(c3ccc(C#Cc4ccc(OCCC)cc4)cc3)CC2)cc1. The average molecular weight is 449 g/mol. The van der Waals surface area contributed by atoms with Crippen molar-refractivity contribution in [2.24, 2.45) is 0 Å². The number of rotatable bonds is 8. The Bertz CT molecular complexity index is 1090. The molecule has 0 radical (unpaired) electrons. The van der Waals surface area contributed by atoms with Gasteiger partial charge in [-0.15, -0.1) is 6.58 Å². The lowest BCUT2D eigenvalue weighted by molar-refractivity contribution is 0.317. The van der Waals surface area contributed by atoms with E-state index < -0.39 is 0 Å². The number of ether oxygens (including phenoxy) is 1. The highest BCUT2D eigenvalue weighted by Crippen LogP contribution is 2.40. The van der Waals surface area contributed by atoms with E-state index in [1.807, 2.05) is 30.3 Å². The predicted octanol–water partition coefficient (Wildman–Crippen LogP) is 8.44. The predicted molar refractivity (Wildman–Crippen MR) is 144 cm³/mol. The Morgan fingerprint density at radius 3 is 1.76 bits per heavy atom. The number of hydrogen-bond acceptors (Lipinski definition) is 1. The van der Waals surface area contributed by atoms with Crippen molar-refractivity contribution in [2.45, 2.75) is 63.7 Å². The molecule has 0 aliphatic heterocycles. The van der Waals surface area contributed by atoms with Crippen molar-refractivity contribution < 1.29 is 4.74 Å². The zero-order valence-electron chi connectivity index (χ0n) is 20.4. The van der Waals surface area contributed by atoms with Crippen LogP contribution in [0.5, 0.6) is 5.75 Å². The molecule has 1 fully saturated rings. The molecule has 0 amide bonds. The molecular weight excluding hydrogens is 412 g/mol. The van der Waals surface area contributed by atoms with E-state index >= 15 is 0 Å². The smallest absolute Gasteiger partial charge is 0.119 e. The minimum Gasteiger partial charge on any atom is -0.494 e. The Labute approximate surface area is 205 Å². The van der Waals surface area contributed by atoms with Crippen LogP contribution in [-0.2, 0) is 6.42 Å². The van der Waals surface area contributed by atoms with Crippen LogP contribution in [0, 0.1) is 11.8 Å². The van der Waals surface area contributed by atoms with E-state index in [1.54, 1.807) is 0 Å². The minimum atomic E-state index is 0.667. The van der Waals surface area contributed by atoms with Gasteiger partial charge in [0, 0.05) is 11.1 Å². The molecule has 0 spiro atoms. The molecule has 1 aliphatic carbocycles. The highest BCUT2D eigenvalue weighted by molar-refractivity contribution is 5.45. The topological polar surface area (TPSA) is 9.23 Å². The van der Waals surface area contributed by atoms with E-state index in [4.69, 9.17) is 4.74 Å². The van der Waals surface area contributed by atoms with E-state index in [9.17, 15) is 0 Å². The Morgan fingerprint density at radius 1 is 0.765 bits per heavy atom. The molecule has 3 aromatic carbocycles. The molecule has 0 bridgehead atoms. The van der Waals surface area contributed by atoms with Crippen LogP contribution in [0.2, 0.25) is 0 Å². The zero-order valence-corrected chi connectivity index (χ0v) is 20.4. The largest absolute Gasteiger partial charge is 0.494 e. The van der Waals surface area contributed by atoms with Crippen molar-refractivity contribution in [3.05, 3.63) is 113 Å². The number of allylic oxidation sites excluding steroid dienone is 1. The summed E-state index contributed by atoms with van der Waals surface area (Å²) in [4.78, 5) is 0. The van der Waals surface area contributed by atoms with Crippen LogP contribution in [0.1, 0.15) is 85.1 Å². The van der Waals surface area contributed by atoms with Crippen LogP contribution in [0.25, 0.3) is 0 Å². The number of benzene rings is 3. The van der Waals surface area contributed by atoms with Gasteiger partial charge in [-0.2, -0.15) is 0 Å². The Morgan fingerprint density at radius 2 is 1.26 bits per heavy atom. The average Bonchev–Trinajstić information content (AvgIpc) is 2.91. The minimum absolute atomic E-state index is 0.667. The second-order valence-electron chi connectivity index (χ2n) is 9.36. The molecule has 4 rings (SSSR count). The van der Waals surface area contributed by atoms with Crippen molar-refractivity contribution in [1.82, 2.24) is 0 Å². The monoisotopic (exact) mass is 448 g/mol. The van der Waals surface area contributed by atoms with Crippen LogP contribution in [-0.4, -0.2) is 6.61 Å². The summed E-state index contributed by atoms with van der Waals surface area (Å²) in [5.74, 6) is 8.85. The molecule has 1 heteroatoms. The summed E-state index contributed by atoms with van der Waals surface area (Å²) in [5, 5.41) is 0. The number of aryl methyl sites for hydroxylation is 1. The fourth-order valence-corrected chi connectivity index (χ4v) is 4.82. The molecule has 0 aromatic heterocycles. The summed E-state index contributed by atoms with van der Waals surface area (Å²) in [6.07, 6.45) is 10.2. The van der Waals surface area contributed by atoms with Crippen LogP contribution in [0.4, 0.5) is 0 Å². The summed E-state index contributed by atoms with van der Waals surface area (Å²) in [6, 6.07) is 26.3. The fourth-order valence-electron chi connectivity index (χ4n) is 4.82. The molecule has 34 heavy (non-hydrogen) atoms. The highest BCUT2D eigenvalue weighted by Gasteiger charge is 2.23. The molecule has 0 heterocycles. The summed E-state index contributed by atoms with van der Waals surface area (Å²) >= 11 is 0. The first-order valence-corrected chi connectivity index (χ1v) is 12.8. The second kappa shape index (κ2) is 12.3. The molecule has 1 aliphatic rings. The summed E-state index contributed by atoms with van der Waals surface area (Å²) in [6.45, 7) is 6.69. The van der Waals surface area contributed by atoms with Gasteiger partial charge in [-0.25, -0.2) is 0 Å². The quantitative estimate of drug-likeness (QED) is 0.248. The van der Waals surface area contributed by atoms with Gasteiger partial charge in [-0.05, 0) is 110 Å². The first-order valence-electron chi connectivity index (χ1n) is 12.8. The van der Waals surface area contributed by atoms with Gasteiger partial charge >= 0.3 is 0 Å². The Hall–Kier alpha value is -3.24. The highest BCUT2D eigenvalue weighted by atomic mass is 16.5. The van der Waals surface area contributed by atoms with Gasteiger partial charge in [-0.1, -0.05) is 61.2 Å². The van der Waals surface area contributed by atoms with E-state index in [1.165, 1.54) is 42.4 Å². The van der Waals surface area contributed by atoms with Gasteiger partial charge in [0.05, 0.1) is 6.61 Å². The molecule has 0 unspecified atom stereocenters. The lowest BCUT2D eigenvalue weighted by Gasteiger charge is -2.29. The van der Waals surface area contributed by atoms with Gasteiger partial charge in [0.2, 0.25) is 0 Å². The van der Waals surface area contributed by atoms with Crippen molar-refractivity contribution in [3.8, 4) is 17.6 Å². The van der Waals surface area contributed by atoms with Crippen molar-refractivity contribution in [2.75, 3.05) is 6.61 Å². The van der Waals surface area contributed by atoms with E-state index in [2.05, 4.69) is 73.9 Å². The lowest BCUT2D eigenvalue weighted by Crippen LogP contribution is -2.12. The maximum absolute atomic E-state index is 5.64. The van der Waals surface area contributed by atoms with Crippen LogP contribution in [0.15, 0.2) is 85.5 Å². The molecule has 1 nitrogen and oxygen atoms in total. The summed E-state index contributed by atoms with van der Waals surface area (Å²) in [5.41, 5.74) is 6.47. The zero-order chi connectivity index (χ0) is 23.6. The molecule has 1 saturated carbocycles. The molecule has 0 atom stereocenters. The summed E-state index contributed by atoms with van der Waals surface area (Å²) in [7, 11) is 0. The fraction of sp³-hybridized carbons (Fsp3) is 0.333. The van der Waals surface area contributed by atoms with Crippen LogP contribution in [0.3, 0.4) is 0 Å². The maximum Gasteiger partial charge on any atom is 0.119 e. The van der Waals surface area contributed by atoms with E-state index in [0.717, 1.165) is 42.7 Å². The number of hydrogen-bond donors (Lipinski definition) is 0. The third kappa shape index (κ3) is 6.64. The Kier molecular flexibility index (Phi) is 8.64. The molecule has 3 aromatic rings. The van der Waals surface area contributed by atoms with E-state index in [0.29, 0.717) is 11.8 Å². The van der Waals surface area contributed by atoms with E-state index in [-0.39, 0.29) is 0 Å². The van der Waals surface area contributed by atoms with Crippen LogP contribution >= 0.6 is 0 Å². The van der Waals surface area contributed by atoms with Crippen molar-refractivity contribution >= 4 is 0 Å². The molecule has 0 N–H and O–H groups in total. The third-order valence-corrected chi connectivity index (χ3v) is 6.88. The normalized spacial score (nSPS) is 17.4. The molecular formula is C33H36O. The van der Waals surface area contributed by atoms with Gasteiger partial charge < -0.3 is 4.74 Å². The van der Waals surface area contributed by atoms with Gasteiger partial charge in [-0.3, -0.25) is 0 Å². The first kappa shape index (κ1) is 23.9. The first-order chi connectivity index (χ1) is 16.7.